The van der Waals surface area contributed by atoms with Crippen molar-refractivity contribution in [3.63, 3.8) is 0 Å². The summed E-state index contributed by atoms with van der Waals surface area (Å²) in [6, 6.07) is 0. The van der Waals surface area contributed by atoms with Gasteiger partial charge in [0.1, 0.15) is 18.3 Å². The van der Waals surface area contributed by atoms with E-state index in [1.165, 1.54) is 0 Å². The number of ether oxygens (including phenoxy) is 3. The quantitative estimate of drug-likeness (QED) is 0.419. The zero-order chi connectivity index (χ0) is 17.1. The second kappa shape index (κ2) is 3.96. The average molecular weight is 330 g/mol. The Balaban J connectivity index is 1.74. The summed E-state index contributed by atoms with van der Waals surface area (Å²) >= 11 is 0. The smallest absolute Gasteiger partial charge is 0.331 e. The van der Waals surface area contributed by atoms with Crippen LogP contribution in [-0.2, 0) is 23.8 Å². The zero-order valence-electron chi connectivity index (χ0n) is 14.4. The summed E-state index contributed by atoms with van der Waals surface area (Å²) in [6.07, 6.45) is 5.64. The van der Waals surface area contributed by atoms with Gasteiger partial charge in [-0.25, -0.2) is 4.79 Å². The number of carbonyl (C=O) groups is 2. The van der Waals surface area contributed by atoms with Gasteiger partial charge >= 0.3 is 11.9 Å². The van der Waals surface area contributed by atoms with Crippen molar-refractivity contribution in [2.24, 2.45) is 22.7 Å². The van der Waals surface area contributed by atoms with Crippen molar-refractivity contribution in [3.05, 3.63) is 23.8 Å². The minimum atomic E-state index is -0.648. The predicted octanol–water partition coefficient (Wildman–Crippen LogP) is 2.16. The van der Waals surface area contributed by atoms with E-state index < -0.39 is 11.0 Å². The van der Waals surface area contributed by atoms with Gasteiger partial charge in [-0.1, -0.05) is 32.9 Å². The lowest BCUT2D eigenvalue weighted by atomic mass is 9.49. The molecule has 0 N–H and O–H groups in total. The van der Waals surface area contributed by atoms with Crippen LogP contribution in [0.1, 0.15) is 34.1 Å². The van der Waals surface area contributed by atoms with E-state index >= 15 is 0 Å². The molecule has 3 fully saturated rings. The summed E-state index contributed by atoms with van der Waals surface area (Å²) in [5.74, 6) is -0.360. The van der Waals surface area contributed by atoms with Crippen molar-refractivity contribution in [3.8, 4) is 0 Å². The number of rotatable bonds is 1. The molecule has 5 rings (SSSR count). The van der Waals surface area contributed by atoms with Gasteiger partial charge in [0.2, 0.25) is 0 Å². The minimum absolute atomic E-state index is 0.00640. The van der Waals surface area contributed by atoms with E-state index in [1.807, 2.05) is 26.8 Å². The van der Waals surface area contributed by atoms with E-state index in [-0.39, 0.29) is 47.5 Å². The topological polar surface area (TPSA) is 65.1 Å². The molecule has 1 spiro atoms. The molecule has 5 heteroatoms. The molecule has 5 nitrogen and oxygen atoms in total. The van der Waals surface area contributed by atoms with Crippen LogP contribution in [0, 0.1) is 22.7 Å². The normalized spacial score (nSPS) is 53.6. The van der Waals surface area contributed by atoms with E-state index in [4.69, 9.17) is 14.2 Å². The number of epoxide rings is 1. The highest BCUT2D eigenvalue weighted by molar-refractivity contribution is 5.87. The Bertz CT molecular complexity index is 736. The molecule has 0 aromatic rings. The number of allylic oxidation sites excluding steroid dienone is 1. The van der Waals surface area contributed by atoms with E-state index in [9.17, 15) is 9.59 Å². The SMILES string of the molecule is CC(C)[C@H]1OC(=O)C=C2[C@]13O[C@@H]3[C@H]1OC(=O)[C@@]3(C)C=CC[C@@]2(C)[C@@H]13. The van der Waals surface area contributed by atoms with Crippen LogP contribution < -0.4 is 0 Å². The van der Waals surface area contributed by atoms with Crippen LogP contribution in [0.5, 0.6) is 0 Å². The lowest BCUT2D eigenvalue weighted by Gasteiger charge is -2.52. The fourth-order valence-electron chi connectivity index (χ4n) is 5.98. The fourth-order valence-corrected chi connectivity index (χ4v) is 5.98. The van der Waals surface area contributed by atoms with Gasteiger partial charge in [-0.15, -0.1) is 0 Å². The Kier molecular flexibility index (Phi) is 2.42. The monoisotopic (exact) mass is 330 g/mol. The third-order valence-corrected chi connectivity index (χ3v) is 6.91. The summed E-state index contributed by atoms with van der Waals surface area (Å²) in [5.41, 5.74) is -0.593. The molecule has 0 amide bonds. The number of esters is 2. The van der Waals surface area contributed by atoms with Crippen LogP contribution >= 0.6 is 0 Å². The molecule has 2 aliphatic carbocycles. The first-order chi connectivity index (χ1) is 11.2. The molecule has 24 heavy (non-hydrogen) atoms. The molecule has 5 aliphatic rings. The van der Waals surface area contributed by atoms with Crippen LogP contribution in [0.4, 0.5) is 0 Å². The van der Waals surface area contributed by atoms with Crippen LogP contribution in [0.2, 0.25) is 0 Å². The molecule has 3 aliphatic heterocycles. The fraction of sp³-hybridized carbons (Fsp3) is 0.684. The molecule has 0 aromatic heterocycles. The lowest BCUT2D eigenvalue weighted by Crippen LogP contribution is -2.59. The van der Waals surface area contributed by atoms with Crippen molar-refractivity contribution in [1.82, 2.24) is 0 Å². The molecular weight excluding hydrogens is 308 g/mol. The molecular formula is C19H22O5. The number of carbonyl (C=O) groups excluding carboxylic acids is 2. The molecule has 2 saturated heterocycles. The first kappa shape index (κ1) is 14.7. The van der Waals surface area contributed by atoms with Crippen LogP contribution in [0.25, 0.3) is 0 Å². The first-order valence-electron chi connectivity index (χ1n) is 8.75. The molecule has 7 atom stereocenters. The maximum absolute atomic E-state index is 12.6. The largest absolute Gasteiger partial charge is 0.458 e. The maximum Gasteiger partial charge on any atom is 0.331 e. The highest BCUT2D eigenvalue weighted by Crippen LogP contribution is 2.71. The van der Waals surface area contributed by atoms with Gasteiger partial charge in [-0.2, -0.15) is 0 Å². The molecule has 0 aromatic carbocycles. The van der Waals surface area contributed by atoms with Gasteiger partial charge in [0.05, 0.1) is 5.41 Å². The molecule has 0 radical (unpaired) electrons. The number of hydrogen-bond donors (Lipinski definition) is 0. The highest BCUT2D eigenvalue weighted by atomic mass is 16.7. The summed E-state index contributed by atoms with van der Waals surface area (Å²) in [7, 11) is 0. The number of hydrogen-bond acceptors (Lipinski definition) is 5. The van der Waals surface area contributed by atoms with Gasteiger partial charge < -0.3 is 14.2 Å². The van der Waals surface area contributed by atoms with Gasteiger partial charge in [-0.3, -0.25) is 4.79 Å². The van der Waals surface area contributed by atoms with E-state index in [2.05, 4.69) is 13.0 Å². The van der Waals surface area contributed by atoms with Crippen molar-refractivity contribution in [1.29, 1.82) is 0 Å². The highest BCUT2D eigenvalue weighted by Gasteiger charge is 2.82. The summed E-state index contributed by atoms with van der Waals surface area (Å²) in [6.45, 7) is 8.17. The van der Waals surface area contributed by atoms with Crippen molar-refractivity contribution >= 4 is 11.9 Å². The van der Waals surface area contributed by atoms with Gasteiger partial charge in [0.25, 0.3) is 0 Å². The second-order valence-electron chi connectivity index (χ2n) is 8.65. The van der Waals surface area contributed by atoms with Crippen molar-refractivity contribution in [2.75, 3.05) is 0 Å². The van der Waals surface area contributed by atoms with Crippen molar-refractivity contribution < 1.29 is 23.8 Å². The third-order valence-electron chi connectivity index (χ3n) is 6.91. The number of fused-ring (bicyclic) bond motifs is 2. The molecule has 3 heterocycles. The minimum Gasteiger partial charge on any atom is -0.458 e. The summed E-state index contributed by atoms with van der Waals surface area (Å²) in [5, 5.41) is 0. The first-order valence-corrected chi connectivity index (χ1v) is 8.75. The Labute approximate surface area is 141 Å². The Hall–Kier alpha value is -1.62. The molecule has 0 unspecified atom stereocenters. The average Bonchev–Trinajstić information content (AvgIpc) is 3.16. The summed E-state index contributed by atoms with van der Waals surface area (Å²) in [4.78, 5) is 24.9. The zero-order valence-corrected chi connectivity index (χ0v) is 14.4. The van der Waals surface area contributed by atoms with Crippen LogP contribution in [0.3, 0.4) is 0 Å². The lowest BCUT2D eigenvalue weighted by molar-refractivity contribution is -0.153. The molecule has 1 saturated carbocycles. The predicted molar refractivity (Wildman–Crippen MR) is 83.7 cm³/mol. The molecule has 0 bridgehead atoms. The Morgan fingerprint density at radius 2 is 1.96 bits per heavy atom. The Morgan fingerprint density at radius 1 is 1.21 bits per heavy atom. The van der Waals surface area contributed by atoms with Crippen molar-refractivity contribution in [2.45, 2.75) is 58.0 Å². The van der Waals surface area contributed by atoms with Gasteiger partial charge in [0, 0.05) is 17.4 Å². The number of cyclic esters (lactones) is 1. The van der Waals surface area contributed by atoms with Crippen LogP contribution in [-0.4, -0.2) is 35.9 Å². The third kappa shape index (κ3) is 1.35. The summed E-state index contributed by atoms with van der Waals surface area (Å²) < 4.78 is 17.7. The molecule has 128 valence electrons. The van der Waals surface area contributed by atoms with E-state index in [0.29, 0.717) is 0 Å². The Morgan fingerprint density at radius 3 is 2.67 bits per heavy atom. The van der Waals surface area contributed by atoms with E-state index in [1.54, 1.807) is 6.08 Å². The van der Waals surface area contributed by atoms with E-state index in [0.717, 1.165) is 12.0 Å². The standard InChI is InChI=1S/C19H22O5/c1-9(2)14-19-10(8-11(20)22-14)17(3)6-5-7-18(4)13(17)12(15(19)24-19)23-16(18)21/h5,7-9,12-15H,6H2,1-4H3/t12-,13+,14+,15+,17+,18-,19-/m0/s1. The van der Waals surface area contributed by atoms with Gasteiger partial charge in [0.15, 0.2) is 5.60 Å². The maximum atomic E-state index is 12.6. The van der Waals surface area contributed by atoms with Crippen LogP contribution in [0.15, 0.2) is 23.8 Å². The second-order valence-corrected chi connectivity index (χ2v) is 8.65. The van der Waals surface area contributed by atoms with Gasteiger partial charge in [-0.05, 0) is 24.8 Å².